The zero-order valence-corrected chi connectivity index (χ0v) is 11.1. The fourth-order valence-corrected chi connectivity index (χ4v) is 1.63. The minimum Gasteiger partial charge on any atom is -0.485 e. The molecule has 0 amide bonds. The largest absolute Gasteiger partial charge is 0.573 e. The van der Waals surface area contributed by atoms with Crippen molar-refractivity contribution in [1.82, 2.24) is 4.98 Å². The molecule has 1 heterocycles. The molecule has 0 radical (unpaired) electrons. The molecule has 2 aromatic rings. The lowest BCUT2D eigenvalue weighted by atomic mass is 10.2. The first kappa shape index (κ1) is 15.0. The molecule has 2 rings (SSSR count). The molecule has 0 saturated heterocycles. The molecule has 0 aliphatic rings. The van der Waals surface area contributed by atoms with E-state index in [-0.39, 0.29) is 18.2 Å². The Morgan fingerprint density at radius 3 is 2.33 bits per heavy atom. The van der Waals surface area contributed by atoms with Crippen LogP contribution in [0, 0.1) is 6.92 Å². The van der Waals surface area contributed by atoms with Gasteiger partial charge in [0.2, 0.25) is 0 Å². The molecule has 1 aromatic carbocycles. The van der Waals surface area contributed by atoms with Crippen molar-refractivity contribution in [3.8, 4) is 11.5 Å². The first-order valence-corrected chi connectivity index (χ1v) is 6.04. The molecule has 2 N–H and O–H groups in total. The molecule has 7 heteroatoms. The van der Waals surface area contributed by atoms with Gasteiger partial charge in [-0.2, -0.15) is 0 Å². The van der Waals surface area contributed by atoms with Gasteiger partial charge in [-0.25, -0.2) is 4.98 Å². The number of nitrogens with two attached hydrogens (primary N) is 1. The van der Waals surface area contributed by atoms with E-state index in [1.165, 1.54) is 24.3 Å². The second-order valence-corrected chi connectivity index (χ2v) is 4.32. The molecule has 0 saturated carbocycles. The molecule has 0 atom stereocenters. The highest BCUT2D eigenvalue weighted by atomic mass is 19.4. The predicted molar refractivity (Wildman–Crippen MR) is 70.8 cm³/mol. The number of aromatic nitrogens is 1. The molecular formula is C14H13F3N2O2. The molecule has 0 fully saturated rings. The predicted octanol–water partition coefficient (Wildman–Crippen LogP) is 3.45. The van der Waals surface area contributed by atoms with Crippen molar-refractivity contribution in [1.29, 1.82) is 0 Å². The second-order valence-electron chi connectivity index (χ2n) is 4.32. The van der Waals surface area contributed by atoms with Crippen LogP contribution in [0.15, 0.2) is 36.4 Å². The monoisotopic (exact) mass is 298 g/mol. The first-order chi connectivity index (χ1) is 9.83. The molecule has 0 spiro atoms. The lowest BCUT2D eigenvalue weighted by Gasteiger charge is -2.11. The van der Waals surface area contributed by atoms with Crippen LogP contribution in [0.5, 0.6) is 11.5 Å². The van der Waals surface area contributed by atoms with Gasteiger partial charge in [0.25, 0.3) is 0 Å². The van der Waals surface area contributed by atoms with Gasteiger partial charge in [0.15, 0.2) is 11.6 Å². The van der Waals surface area contributed by atoms with Crippen molar-refractivity contribution in [2.24, 2.45) is 0 Å². The number of rotatable bonds is 4. The molecule has 4 nitrogen and oxygen atoms in total. The zero-order chi connectivity index (χ0) is 15.5. The maximum atomic E-state index is 12.0. The Labute approximate surface area is 119 Å². The van der Waals surface area contributed by atoms with Gasteiger partial charge in [-0.1, -0.05) is 12.1 Å². The average Bonchev–Trinajstić information content (AvgIpc) is 2.38. The van der Waals surface area contributed by atoms with Crippen LogP contribution in [0.2, 0.25) is 0 Å². The van der Waals surface area contributed by atoms with Crippen molar-refractivity contribution in [3.05, 3.63) is 47.7 Å². The third-order valence-corrected chi connectivity index (χ3v) is 2.58. The Hall–Kier alpha value is -2.44. The number of pyridine rings is 1. The molecule has 21 heavy (non-hydrogen) atoms. The lowest BCUT2D eigenvalue weighted by Crippen LogP contribution is -2.17. The SMILES string of the molecule is Cc1ccc(OCc2ccc(OC(F)(F)F)cc2)c(N)n1. The summed E-state index contributed by atoms with van der Waals surface area (Å²) in [6.45, 7) is 1.97. The highest BCUT2D eigenvalue weighted by Gasteiger charge is 2.30. The number of anilines is 1. The number of alkyl halides is 3. The summed E-state index contributed by atoms with van der Waals surface area (Å²) < 4.78 is 45.3. The van der Waals surface area contributed by atoms with Gasteiger partial charge in [-0.15, -0.1) is 13.2 Å². The molecule has 0 unspecified atom stereocenters. The van der Waals surface area contributed by atoms with Crippen molar-refractivity contribution in [2.45, 2.75) is 19.9 Å². The summed E-state index contributed by atoms with van der Waals surface area (Å²) in [5.74, 6) is 0.422. The van der Waals surface area contributed by atoms with Crippen molar-refractivity contribution in [2.75, 3.05) is 5.73 Å². The minimum absolute atomic E-state index is 0.168. The smallest absolute Gasteiger partial charge is 0.485 e. The van der Waals surface area contributed by atoms with Crippen LogP contribution in [0.4, 0.5) is 19.0 Å². The van der Waals surface area contributed by atoms with E-state index >= 15 is 0 Å². The van der Waals surface area contributed by atoms with Gasteiger partial charge in [0, 0.05) is 5.69 Å². The Morgan fingerprint density at radius 2 is 1.76 bits per heavy atom. The number of nitrogen functional groups attached to an aromatic ring is 1. The summed E-state index contributed by atoms with van der Waals surface area (Å²) in [5.41, 5.74) is 7.15. The maximum Gasteiger partial charge on any atom is 0.573 e. The number of halogens is 3. The zero-order valence-electron chi connectivity index (χ0n) is 11.1. The van der Waals surface area contributed by atoms with E-state index in [4.69, 9.17) is 10.5 Å². The van der Waals surface area contributed by atoms with Crippen LogP contribution in [-0.4, -0.2) is 11.3 Å². The topological polar surface area (TPSA) is 57.4 Å². The second kappa shape index (κ2) is 5.90. The molecule has 0 aliphatic heterocycles. The van der Waals surface area contributed by atoms with E-state index in [1.807, 2.05) is 0 Å². The van der Waals surface area contributed by atoms with E-state index in [0.29, 0.717) is 11.3 Å². The fraction of sp³-hybridized carbons (Fsp3) is 0.214. The van der Waals surface area contributed by atoms with Gasteiger partial charge in [-0.3, -0.25) is 0 Å². The Kier molecular flexibility index (Phi) is 4.21. The van der Waals surface area contributed by atoms with Gasteiger partial charge >= 0.3 is 6.36 Å². The normalized spacial score (nSPS) is 11.2. The summed E-state index contributed by atoms with van der Waals surface area (Å²) in [6, 6.07) is 8.87. The van der Waals surface area contributed by atoms with Crippen molar-refractivity contribution >= 4 is 5.82 Å². The van der Waals surface area contributed by atoms with E-state index in [1.54, 1.807) is 19.1 Å². The molecule has 112 valence electrons. The van der Waals surface area contributed by atoms with Crippen LogP contribution in [0.25, 0.3) is 0 Å². The van der Waals surface area contributed by atoms with Gasteiger partial charge in [0.1, 0.15) is 12.4 Å². The summed E-state index contributed by atoms with van der Waals surface area (Å²) >= 11 is 0. The van der Waals surface area contributed by atoms with Crippen molar-refractivity contribution < 1.29 is 22.6 Å². The third-order valence-electron chi connectivity index (χ3n) is 2.58. The molecule has 0 bridgehead atoms. The number of benzene rings is 1. The lowest BCUT2D eigenvalue weighted by molar-refractivity contribution is -0.274. The quantitative estimate of drug-likeness (QED) is 0.939. The van der Waals surface area contributed by atoms with Crippen LogP contribution in [-0.2, 0) is 6.61 Å². The van der Waals surface area contributed by atoms with E-state index < -0.39 is 6.36 Å². The van der Waals surface area contributed by atoms with Crippen molar-refractivity contribution in [3.63, 3.8) is 0 Å². The fourth-order valence-electron chi connectivity index (χ4n) is 1.63. The molecule has 1 aromatic heterocycles. The Morgan fingerprint density at radius 1 is 1.10 bits per heavy atom. The summed E-state index contributed by atoms with van der Waals surface area (Å²) in [4.78, 5) is 4.05. The maximum absolute atomic E-state index is 12.0. The van der Waals surface area contributed by atoms with E-state index in [2.05, 4.69) is 9.72 Å². The highest BCUT2D eigenvalue weighted by molar-refractivity contribution is 5.46. The Bertz CT molecular complexity index is 613. The summed E-state index contributed by atoms with van der Waals surface area (Å²) in [7, 11) is 0. The number of nitrogens with zero attached hydrogens (tertiary/aromatic N) is 1. The van der Waals surface area contributed by atoms with E-state index in [9.17, 15) is 13.2 Å². The summed E-state index contributed by atoms with van der Waals surface area (Å²) in [5, 5.41) is 0. The highest BCUT2D eigenvalue weighted by Crippen LogP contribution is 2.24. The number of ether oxygens (including phenoxy) is 2. The summed E-state index contributed by atoms with van der Waals surface area (Å²) in [6.07, 6.45) is -4.69. The number of hydrogen-bond donors (Lipinski definition) is 1. The van der Waals surface area contributed by atoms with Gasteiger partial charge < -0.3 is 15.2 Å². The average molecular weight is 298 g/mol. The number of hydrogen-bond acceptors (Lipinski definition) is 4. The van der Waals surface area contributed by atoms with Crippen LogP contribution >= 0.6 is 0 Å². The van der Waals surface area contributed by atoms with Crippen LogP contribution < -0.4 is 15.2 Å². The molecule has 0 aliphatic carbocycles. The van der Waals surface area contributed by atoms with Gasteiger partial charge in [-0.05, 0) is 36.8 Å². The Balaban J connectivity index is 1.97. The molecular weight excluding hydrogens is 285 g/mol. The standard InChI is InChI=1S/C14H13F3N2O2/c1-9-2-7-12(13(18)19-9)20-8-10-3-5-11(6-4-10)21-14(15,16)17/h2-7H,8H2,1H3,(H2,18,19). The van der Waals surface area contributed by atoms with Gasteiger partial charge in [0.05, 0.1) is 0 Å². The van der Waals surface area contributed by atoms with Crippen LogP contribution in [0.3, 0.4) is 0 Å². The third kappa shape index (κ3) is 4.55. The van der Waals surface area contributed by atoms with E-state index in [0.717, 1.165) is 5.69 Å². The first-order valence-electron chi connectivity index (χ1n) is 6.04. The minimum atomic E-state index is -4.69. The van der Waals surface area contributed by atoms with Crippen LogP contribution in [0.1, 0.15) is 11.3 Å². The number of aryl methyl sites for hydroxylation is 1.